The fourth-order valence-electron chi connectivity index (χ4n) is 9.30. The summed E-state index contributed by atoms with van der Waals surface area (Å²) in [4.78, 5) is 2.43. The van der Waals surface area contributed by atoms with Crippen LogP contribution in [0.5, 0.6) is 0 Å². The van der Waals surface area contributed by atoms with Gasteiger partial charge in [-0.1, -0.05) is 164 Å². The van der Waals surface area contributed by atoms with Crippen molar-refractivity contribution < 1.29 is 4.42 Å². The summed E-state index contributed by atoms with van der Waals surface area (Å²) < 4.78 is 6.53. The maximum absolute atomic E-state index is 6.53. The Morgan fingerprint density at radius 3 is 1.86 bits per heavy atom. The van der Waals surface area contributed by atoms with Crippen LogP contribution in [-0.2, 0) is 5.41 Å². The second-order valence-corrected chi connectivity index (χ2v) is 15.0. The number of hydrogen-bond donors (Lipinski definition) is 0. The first-order valence-corrected chi connectivity index (χ1v) is 19.3. The zero-order chi connectivity index (χ0) is 37.2. The van der Waals surface area contributed by atoms with Gasteiger partial charge in [0.05, 0.1) is 5.69 Å². The van der Waals surface area contributed by atoms with Gasteiger partial charge < -0.3 is 9.32 Å². The van der Waals surface area contributed by atoms with E-state index in [9.17, 15) is 0 Å². The van der Waals surface area contributed by atoms with Gasteiger partial charge in [-0.25, -0.2) is 0 Å². The molecule has 0 radical (unpaired) electrons. The Labute approximate surface area is 326 Å². The summed E-state index contributed by atoms with van der Waals surface area (Å²) >= 11 is 0. The van der Waals surface area contributed by atoms with E-state index >= 15 is 0 Å². The molecule has 0 fully saturated rings. The van der Waals surface area contributed by atoms with Crippen molar-refractivity contribution in [1.82, 2.24) is 0 Å². The summed E-state index contributed by atoms with van der Waals surface area (Å²) in [5, 5.41) is 4.68. The lowest BCUT2D eigenvalue weighted by atomic mass is 9.74. The molecular weight excluding hydrogens is 679 g/mol. The SMILES string of the molecule is CC1(c2ccccc2)c2ccccc2-c2ccc(N(c3ccc4c(c3)oc3ccccc34)c3ccccc3-c3cccc4cccc(-c5ccccc5)c34)cc21. The molecule has 11 rings (SSSR count). The molecule has 264 valence electrons. The molecule has 0 aliphatic heterocycles. The molecule has 2 nitrogen and oxygen atoms in total. The monoisotopic (exact) mass is 715 g/mol. The molecule has 0 amide bonds. The molecule has 0 N–H and O–H groups in total. The average Bonchev–Trinajstić information content (AvgIpc) is 3.76. The molecule has 1 aromatic heterocycles. The Morgan fingerprint density at radius 2 is 1.02 bits per heavy atom. The maximum atomic E-state index is 6.53. The Hall–Kier alpha value is -7.16. The maximum Gasteiger partial charge on any atom is 0.137 e. The quantitative estimate of drug-likeness (QED) is 0.170. The summed E-state index contributed by atoms with van der Waals surface area (Å²) in [6.07, 6.45) is 0. The second kappa shape index (κ2) is 12.7. The third-order valence-electron chi connectivity index (χ3n) is 12.0. The van der Waals surface area contributed by atoms with Crippen molar-refractivity contribution in [3.8, 4) is 33.4 Å². The lowest BCUT2D eigenvalue weighted by Crippen LogP contribution is -2.22. The van der Waals surface area contributed by atoms with Crippen molar-refractivity contribution in [3.05, 3.63) is 223 Å². The van der Waals surface area contributed by atoms with Gasteiger partial charge in [0, 0.05) is 39.2 Å². The summed E-state index contributed by atoms with van der Waals surface area (Å²) in [6.45, 7) is 2.39. The van der Waals surface area contributed by atoms with Crippen molar-refractivity contribution in [3.63, 3.8) is 0 Å². The lowest BCUT2D eigenvalue weighted by molar-refractivity contribution is 0.669. The predicted octanol–water partition coefficient (Wildman–Crippen LogP) is 14.9. The highest BCUT2D eigenvalue weighted by atomic mass is 16.3. The van der Waals surface area contributed by atoms with E-state index in [1.54, 1.807) is 0 Å². The zero-order valence-electron chi connectivity index (χ0n) is 31.0. The molecule has 1 atom stereocenters. The Morgan fingerprint density at radius 1 is 0.411 bits per heavy atom. The number of furan rings is 1. The summed E-state index contributed by atoms with van der Waals surface area (Å²) in [7, 11) is 0. The van der Waals surface area contributed by atoms with Crippen molar-refractivity contribution in [2.24, 2.45) is 0 Å². The van der Waals surface area contributed by atoms with Crippen molar-refractivity contribution in [2.75, 3.05) is 4.90 Å². The molecule has 56 heavy (non-hydrogen) atoms. The highest BCUT2D eigenvalue weighted by Gasteiger charge is 2.41. The van der Waals surface area contributed by atoms with Gasteiger partial charge >= 0.3 is 0 Å². The van der Waals surface area contributed by atoms with Crippen LogP contribution in [0.3, 0.4) is 0 Å². The summed E-state index contributed by atoms with van der Waals surface area (Å²) in [5.74, 6) is 0. The van der Waals surface area contributed by atoms with Crippen LogP contribution in [0.4, 0.5) is 17.1 Å². The topological polar surface area (TPSA) is 16.4 Å². The van der Waals surface area contributed by atoms with Gasteiger partial charge in [0.25, 0.3) is 0 Å². The molecule has 0 bridgehead atoms. The summed E-state index contributed by atoms with van der Waals surface area (Å²) in [6, 6.07) is 74.8. The van der Waals surface area contributed by atoms with Crippen LogP contribution >= 0.6 is 0 Å². The zero-order valence-corrected chi connectivity index (χ0v) is 31.0. The third kappa shape index (κ3) is 4.89. The molecule has 1 unspecified atom stereocenters. The number of rotatable bonds is 6. The van der Waals surface area contributed by atoms with Crippen molar-refractivity contribution in [1.29, 1.82) is 0 Å². The van der Waals surface area contributed by atoms with Crippen LogP contribution < -0.4 is 4.90 Å². The predicted molar refractivity (Wildman–Crippen MR) is 234 cm³/mol. The van der Waals surface area contributed by atoms with E-state index in [4.69, 9.17) is 4.42 Å². The smallest absolute Gasteiger partial charge is 0.137 e. The van der Waals surface area contributed by atoms with E-state index in [-0.39, 0.29) is 5.41 Å². The molecule has 0 saturated heterocycles. The molecule has 1 aliphatic carbocycles. The molecule has 1 heterocycles. The standard InChI is InChI=1S/C54H37NO/c1-54(38-20-6-3-7-21-38)48-27-11-8-22-42(48)43-32-30-39(34-49(43)54)55(40-31-33-46-45-24-10-13-29-51(45)56-52(46)35-40)50-28-12-9-23-44(50)47-26-15-19-37-18-14-25-41(53(37)47)36-16-4-2-5-17-36/h2-35H,1H3. The molecule has 0 spiro atoms. The first-order chi connectivity index (χ1) is 27.7. The van der Waals surface area contributed by atoms with Crippen molar-refractivity contribution in [2.45, 2.75) is 12.3 Å². The number of benzene rings is 9. The number of fused-ring (bicyclic) bond motifs is 7. The van der Waals surface area contributed by atoms with Gasteiger partial charge in [0.1, 0.15) is 11.2 Å². The highest BCUT2D eigenvalue weighted by Crippen LogP contribution is 2.54. The largest absolute Gasteiger partial charge is 0.456 e. The van der Waals surface area contributed by atoms with Crippen LogP contribution in [0.2, 0.25) is 0 Å². The van der Waals surface area contributed by atoms with Gasteiger partial charge in [-0.2, -0.15) is 0 Å². The fraction of sp³-hybridized carbons (Fsp3) is 0.0370. The van der Waals surface area contributed by atoms with Gasteiger partial charge in [-0.3, -0.25) is 0 Å². The molecule has 2 heteroatoms. The van der Waals surface area contributed by atoms with E-state index < -0.39 is 0 Å². The van der Waals surface area contributed by atoms with Crippen LogP contribution in [0, 0.1) is 0 Å². The van der Waals surface area contributed by atoms with Gasteiger partial charge in [0.15, 0.2) is 0 Å². The molecule has 1 aliphatic rings. The Kier molecular flexibility index (Phi) is 7.33. The van der Waals surface area contributed by atoms with Gasteiger partial charge in [-0.15, -0.1) is 0 Å². The summed E-state index contributed by atoms with van der Waals surface area (Å²) in [5.41, 5.74) is 15.9. The minimum atomic E-state index is -0.336. The number of hydrogen-bond acceptors (Lipinski definition) is 2. The number of anilines is 3. The molecule has 0 saturated carbocycles. The number of para-hydroxylation sites is 2. The minimum Gasteiger partial charge on any atom is -0.456 e. The molecular formula is C54H37NO. The van der Waals surface area contributed by atoms with E-state index in [1.165, 1.54) is 55.3 Å². The Bertz CT molecular complexity index is 3100. The third-order valence-corrected chi connectivity index (χ3v) is 12.0. The normalized spacial score (nSPS) is 14.6. The molecule has 10 aromatic rings. The second-order valence-electron chi connectivity index (χ2n) is 15.0. The average molecular weight is 716 g/mol. The molecule has 9 aromatic carbocycles. The minimum absolute atomic E-state index is 0.336. The lowest BCUT2D eigenvalue weighted by Gasteiger charge is -2.31. The van der Waals surface area contributed by atoms with Crippen LogP contribution in [0.1, 0.15) is 23.6 Å². The van der Waals surface area contributed by atoms with Crippen molar-refractivity contribution >= 4 is 49.8 Å². The van der Waals surface area contributed by atoms with Gasteiger partial charge in [0.2, 0.25) is 0 Å². The van der Waals surface area contributed by atoms with E-state index in [2.05, 4.69) is 212 Å². The van der Waals surface area contributed by atoms with Crippen LogP contribution in [0.15, 0.2) is 211 Å². The van der Waals surface area contributed by atoms with Gasteiger partial charge in [-0.05, 0) is 98.6 Å². The first-order valence-electron chi connectivity index (χ1n) is 19.3. The highest BCUT2D eigenvalue weighted by molar-refractivity contribution is 6.10. The number of nitrogens with zero attached hydrogens (tertiary/aromatic N) is 1. The van der Waals surface area contributed by atoms with Crippen LogP contribution in [0.25, 0.3) is 66.1 Å². The van der Waals surface area contributed by atoms with Crippen LogP contribution in [-0.4, -0.2) is 0 Å². The van der Waals surface area contributed by atoms with E-state index in [0.29, 0.717) is 0 Å². The fourth-order valence-corrected chi connectivity index (χ4v) is 9.30. The first kappa shape index (κ1) is 32.3. The Balaban J connectivity index is 1.18. The van der Waals surface area contributed by atoms with E-state index in [0.717, 1.165) is 44.6 Å². The van der Waals surface area contributed by atoms with E-state index in [1.807, 2.05) is 6.07 Å².